The van der Waals surface area contributed by atoms with Crippen LogP contribution in [0.3, 0.4) is 0 Å². The minimum absolute atomic E-state index is 0.0836. The van der Waals surface area contributed by atoms with Gasteiger partial charge in [-0.25, -0.2) is 22.5 Å². The number of fused-ring (bicyclic) bond motifs is 1. The Morgan fingerprint density at radius 2 is 1.76 bits per heavy atom. The topological polar surface area (TPSA) is 94.4 Å². The molecule has 0 aliphatic carbocycles. The Kier molecular flexibility index (Phi) is 6.43. The van der Waals surface area contributed by atoms with Crippen LogP contribution in [0.1, 0.15) is 15.9 Å². The quantitative estimate of drug-likeness (QED) is 0.356. The van der Waals surface area contributed by atoms with Crippen LogP contribution < -0.4 is 0 Å². The van der Waals surface area contributed by atoms with Crippen LogP contribution in [-0.4, -0.2) is 66.5 Å². The van der Waals surface area contributed by atoms with E-state index >= 15 is 0 Å². The number of carbonyl (C=O) groups excluding carboxylic acids is 1. The smallest absolute Gasteiger partial charge is 0.378 e. The Bertz CT molecular complexity index is 1640. The van der Waals surface area contributed by atoms with Crippen molar-refractivity contribution in [3.05, 3.63) is 71.7 Å². The van der Waals surface area contributed by atoms with Crippen LogP contribution in [-0.2, 0) is 20.8 Å². The summed E-state index contributed by atoms with van der Waals surface area (Å²) in [5, 5.41) is 4.24. The second kappa shape index (κ2) is 9.48. The van der Waals surface area contributed by atoms with E-state index in [1.807, 2.05) is 0 Å². The van der Waals surface area contributed by atoms with Gasteiger partial charge < -0.3 is 9.64 Å². The molecule has 5 rings (SSSR count). The fraction of sp³-hybridized carbons (Fsp3) is 0.240. The number of halogens is 4. The van der Waals surface area contributed by atoms with Crippen LogP contribution >= 0.6 is 0 Å². The summed E-state index contributed by atoms with van der Waals surface area (Å²) < 4.78 is 85.1. The van der Waals surface area contributed by atoms with Gasteiger partial charge in [0.1, 0.15) is 5.82 Å². The molecule has 38 heavy (non-hydrogen) atoms. The number of nitrogens with zero attached hydrogens (tertiary/aromatic N) is 4. The number of ether oxygens (including phenoxy) is 1. The van der Waals surface area contributed by atoms with E-state index in [0.29, 0.717) is 44.0 Å². The largest absolute Gasteiger partial charge is 0.416 e. The molecule has 1 amide bonds. The van der Waals surface area contributed by atoms with Gasteiger partial charge in [0.25, 0.3) is 5.91 Å². The first-order chi connectivity index (χ1) is 17.9. The number of rotatable bonds is 4. The number of aromatic nitrogens is 3. The number of benzene rings is 2. The van der Waals surface area contributed by atoms with E-state index in [1.165, 1.54) is 41.2 Å². The van der Waals surface area contributed by atoms with Crippen molar-refractivity contribution < 1.29 is 35.5 Å². The van der Waals surface area contributed by atoms with Gasteiger partial charge in [-0.05, 0) is 48.5 Å². The number of hydrogen-bond acceptors (Lipinski definition) is 6. The van der Waals surface area contributed by atoms with Gasteiger partial charge in [0.2, 0.25) is 0 Å². The highest BCUT2D eigenvalue weighted by atomic mass is 32.2. The number of sulfone groups is 1. The molecule has 1 aliphatic rings. The van der Waals surface area contributed by atoms with Crippen molar-refractivity contribution in [3.8, 4) is 16.9 Å². The van der Waals surface area contributed by atoms with E-state index in [4.69, 9.17) is 4.74 Å². The Morgan fingerprint density at radius 3 is 2.39 bits per heavy atom. The van der Waals surface area contributed by atoms with Crippen LogP contribution in [0.25, 0.3) is 27.8 Å². The van der Waals surface area contributed by atoms with Gasteiger partial charge in [-0.1, -0.05) is 0 Å². The SMILES string of the molecule is CS(=O)(=O)c1nn(-c2ccc(-c3cc(C(F)(F)F)ccc3F)cn2)c2cc(C(=O)N3CCOCC3)ccc12. The molecular formula is C25H20F4N4O4S. The van der Waals surface area contributed by atoms with E-state index in [1.54, 1.807) is 4.90 Å². The summed E-state index contributed by atoms with van der Waals surface area (Å²) in [6.07, 6.45) is -2.48. The van der Waals surface area contributed by atoms with Crippen molar-refractivity contribution in [2.45, 2.75) is 11.2 Å². The third kappa shape index (κ3) is 4.86. The molecule has 2 aromatic heterocycles. The van der Waals surface area contributed by atoms with Crippen molar-refractivity contribution in [2.75, 3.05) is 32.6 Å². The molecular weight excluding hydrogens is 528 g/mol. The zero-order valence-electron chi connectivity index (χ0n) is 19.9. The molecule has 0 spiro atoms. The molecule has 4 aromatic rings. The predicted octanol–water partition coefficient (Wildman–Crippen LogP) is 4.12. The first kappa shape index (κ1) is 25.8. The highest BCUT2D eigenvalue weighted by Gasteiger charge is 2.31. The number of pyridine rings is 1. The summed E-state index contributed by atoms with van der Waals surface area (Å²) in [5.41, 5.74) is -0.621. The third-order valence-corrected chi connectivity index (χ3v) is 7.12. The lowest BCUT2D eigenvalue weighted by molar-refractivity contribution is -0.137. The number of hydrogen-bond donors (Lipinski definition) is 0. The second-order valence-electron chi connectivity index (χ2n) is 8.72. The fourth-order valence-corrected chi connectivity index (χ4v) is 5.01. The molecule has 0 atom stereocenters. The van der Waals surface area contributed by atoms with Crippen molar-refractivity contribution in [3.63, 3.8) is 0 Å². The lowest BCUT2D eigenvalue weighted by Crippen LogP contribution is -2.40. The Morgan fingerprint density at radius 1 is 1.03 bits per heavy atom. The van der Waals surface area contributed by atoms with Crippen molar-refractivity contribution in [1.29, 1.82) is 0 Å². The molecule has 8 nitrogen and oxygen atoms in total. The number of morpholine rings is 1. The minimum Gasteiger partial charge on any atom is -0.378 e. The first-order valence-electron chi connectivity index (χ1n) is 11.4. The van der Waals surface area contributed by atoms with E-state index in [2.05, 4.69) is 10.1 Å². The van der Waals surface area contributed by atoms with Gasteiger partial charge in [-0.15, -0.1) is 0 Å². The van der Waals surface area contributed by atoms with Gasteiger partial charge in [0.05, 0.1) is 24.3 Å². The molecule has 0 radical (unpaired) electrons. The van der Waals surface area contributed by atoms with Crippen LogP contribution in [0.4, 0.5) is 17.6 Å². The molecule has 0 saturated carbocycles. The summed E-state index contributed by atoms with van der Waals surface area (Å²) >= 11 is 0. The van der Waals surface area contributed by atoms with Crippen LogP contribution in [0.15, 0.2) is 59.8 Å². The Labute approximate surface area is 214 Å². The Hall–Kier alpha value is -3.84. The lowest BCUT2D eigenvalue weighted by atomic mass is 10.0. The highest BCUT2D eigenvalue weighted by molar-refractivity contribution is 7.90. The Balaban J connectivity index is 1.59. The molecule has 2 aromatic carbocycles. The third-order valence-electron chi connectivity index (χ3n) is 6.11. The average Bonchev–Trinajstić information content (AvgIpc) is 3.28. The molecule has 3 heterocycles. The van der Waals surface area contributed by atoms with Gasteiger partial charge in [-0.3, -0.25) is 4.79 Å². The molecule has 0 unspecified atom stereocenters. The van der Waals surface area contributed by atoms with E-state index in [9.17, 15) is 30.8 Å². The van der Waals surface area contributed by atoms with Gasteiger partial charge in [0.15, 0.2) is 20.7 Å². The second-order valence-corrected chi connectivity index (χ2v) is 10.7. The maximum absolute atomic E-state index is 14.4. The maximum atomic E-state index is 14.4. The van der Waals surface area contributed by atoms with E-state index in [0.717, 1.165) is 12.3 Å². The summed E-state index contributed by atoms with van der Waals surface area (Å²) in [6.45, 7) is 1.65. The summed E-state index contributed by atoms with van der Waals surface area (Å²) in [7, 11) is -3.77. The molecule has 13 heteroatoms. The molecule has 1 saturated heterocycles. The first-order valence-corrected chi connectivity index (χ1v) is 13.3. The van der Waals surface area contributed by atoms with Crippen LogP contribution in [0.2, 0.25) is 0 Å². The van der Waals surface area contributed by atoms with Gasteiger partial charge >= 0.3 is 6.18 Å². The van der Waals surface area contributed by atoms with E-state index in [-0.39, 0.29) is 38.8 Å². The van der Waals surface area contributed by atoms with Crippen LogP contribution in [0.5, 0.6) is 0 Å². The van der Waals surface area contributed by atoms with Crippen molar-refractivity contribution in [2.24, 2.45) is 0 Å². The maximum Gasteiger partial charge on any atom is 0.416 e. The molecule has 1 fully saturated rings. The normalized spacial score (nSPS) is 14.7. The fourth-order valence-electron chi connectivity index (χ4n) is 4.21. The zero-order chi connectivity index (χ0) is 27.2. The predicted molar refractivity (Wildman–Crippen MR) is 129 cm³/mol. The molecule has 1 aliphatic heterocycles. The lowest BCUT2D eigenvalue weighted by Gasteiger charge is -2.26. The standard InChI is InChI=1S/C25H20F4N4O4S/c1-38(35,36)23-18-5-2-15(24(34)32-8-10-37-11-9-32)12-21(18)33(31-23)22-7-3-16(14-30-22)19-13-17(25(27,28)29)4-6-20(19)26/h2-7,12-14H,8-11H2,1H3. The highest BCUT2D eigenvalue weighted by Crippen LogP contribution is 2.34. The summed E-state index contributed by atoms with van der Waals surface area (Å²) in [4.78, 5) is 18.9. The zero-order valence-corrected chi connectivity index (χ0v) is 20.7. The van der Waals surface area contributed by atoms with Crippen molar-refractivity contribution in [1.82, 2.24) is 19.7 Å². The average molecular weight is 549 g/mol. The van der Waals surface area contributed by atoms with Crippen LogP contribution in [0, 0.1) is 5.82 Å². The number of carbonyl (C=O) groups is 1. The monoisotopic (exact) mass is 548 g/mol. The molecule has 0 bridgehead atoms. The van der Waals surface area contributed by atoms with E-state index < -0.39 is 27.4 Å². The number of amides is 1. The molecule has 0 N–H and O–H groups in total. The van der Waals surface area contributed by atoms with Gasteiger partial charge in [0, 0.05) is 47.6 Å². The van der Waals surface area contributed by atoms with Gasteiger partial charge in [-0.2, -0.15) is 18.3 Å². The summed E-state index contributed by atoms with van der Waals surface area (Å²) in [6, 6.07) is 9.35. The van der Waals surface area contributed by atoms with Crippen molar-refractivity contribution >= 4 is 26.6 Å². The number of alkyl halides is 3. The minimum atomic E-state index is -4.65. The summed E-state index contributed by atoms with van der Waals surface area (Å²) in [5.74, 6) is -0.994. The molecule has 198 valence electrons.